The Hall–Kier alpha value is -1.82. The van der Waals surface area contributed by atoms with Crippen molar-refractivity contribution in [3.8, 4) is 5.88 Å². The van der Waals surface area contributed by atoms with Crippen molar-refractivity contribution in [3.63, 3.8) is 0 Å². The predicted molar refractivity (Wildman–Crippen MR) is 91.8 cm³/mol. The molecule has 0 spiro atoms. The van der Waals surface area contributed by atoms with Gasteiger partial charge in [0.25, 0.3) is 0 Å². The van der Waals surface area contributed by atoms with Gasteiger partial charge in [-0.3, -0.25) is 0 Å². The highest BCUT2D eigenvalue weighted by atomic mass is 16.5. The summed E-state index contributed by atoms with van der Waals surface area (Å²) in [6, 6.07) is 3.84. The Morgan fingerprint density at radius 3 is 2.87 bits per heavy atom. The number of guanidine groups is 1. The first-order valence-corrected chi connectivity index (χ1v) is 8.29. The summed E-state index contributed by atoms with van der Waals surface area (Å²) in [5.41, 5.74) is 1.06. The summed E-state index contributed by atoms with van der Waals surface area (Å²) >= 11 is 0. The van der Waals surface area contributed by atoms with E-state index in [1.165, 1.54) is 12.8 Å². The topological polar surface area (TPSA) is 59.0 Å². The molecule has 0 atom stereocenters. The number of likely N-dealkylation sites (N-methyl/N-ethyl adjacent to an activating group) is 1. The molecule has 1 aliphatic rings. The zero-order valence-electron chi connectivity index (χ0n) is 14.4. The molecule has 1 N–H and O–H groups in total. The van der Waals surface area contributed by atoms with Crippen molar-refractivity contribution in [2.75, 3.05) is 40.5 Å². The lowest BCUT2D eigenvalue weighted by Gasteiger charge is -2.22. The minimum Gasteiger partial charge on any atom is -0.481 e. The third-order valence-corrected chi connectivity index (χ3v) is 3.74. The lowest BCUT2D eigenvalue weighted by molar-refractivity contribution is 0.115. The number of aliphatic imine (C=N–C) groups is 1. The molecule has 1 aromatic rings. The molecule has 1 aromatic heterocycles. The van der Waals surface area contributed by atoms with Crippen molar-refractivity contribution >= 4 is 5.96 Å². The molecule has 0 unspecified atom stereocenters. The highest BCUT2D eigenvalue weighted by molar-refractivity contribution is 5.79. The summed E-state index contributed by atoms with van der Waals surface area (Å²) in [4.78, 5) is 11.0. The van der Waals surface area contributed by atoms with Gasteiger partial charge in [-0.2, -0.15) is 0 Å². The number of aromatic nitrogens is 1. The average Bonchev–Trinajstić information content (AvgIpc) is 3.40. The van der Waals surface area contributed by atoms with Crippen molar-refractivity contribution in [1.29, 1.82) is 0 Å². The summed E-state index contributed by atoms with van der Waals surface area (Å²) in [6.45, 7) is 5.97. The van der Waals surface area contributed by atoms with Crippen LogP contribution < -0.4 is 10.1 Å². The van der Waals surface area contributed by atoms with Gasteiger partial charge in [0.1, 0.15) is 0 Å². The van der Waals surface area contributed by atoms with E-state index in [1.54, 1.807) is 13.3 Å². The van der Waals surface area contributed by atoms with Crippen LogP contribution in [-0.4, -0.2) is 56.3 Å². The minimum absolute atomic E-state index is 0.590. The fourth-order valence-corrected chi connectivity index (χ4v) is 2.10. The smallest absolute Gasteiger partial charge is 0.212 e. The van der Waals surface area contributed by atoms with Gasteiger partial charge in [0.2, 0.25) is 5.88 Å². The van der Waals surface area contributed by atoms with E-state index in [1.807, 2.05) is 19.2 Å². The summed E-state index contributed by atoms with van der Waals surface area (Å²) < 4.78 is 10.8. The SMILES string of the molecule is CCNC(=NCc1ccc(OC)nc1)N(C)CCOCC1CC1. The third-order valence-electron chi connectivity index (χ3n) is 3.74. The van der Waals surface area contributed by atoms with Gasteiger partial charge in [-0.15, -0.1) is 0 Å². The molecule has 0 radical (unpaired) electrons. The molecule has 0 amide bonds. The third kappa shape index (κ3) is 6.44. The first-order valence-electron chi connectivity index (χ1n) is 8.29. The number of rotatable bonds is 9. The molecule has 1 saturated carbocycles. The molecule has 0 aromatic carbocycles. The highest BCUT2D eigenvalue weighted by Crippen LogP contribution is 2.28. The molecule has 6 nitrogen and oxygen atoms in total. The van der Waals surface area contributed by atoms with Gasteiger partial charge in [0, 0.05) is 39.0 Å². The first-order chi connectivity index (χ1) is 11.2. The van der Waals surface area contributed by atoms with E-state index in [4.69, 9.17) is 9.47 Å². The van der Waals surface area contributed by atoms with E-state index in [0.29, 0.717) is 12.4 Å². The van der Waals surface area contributed by atoms with E-state index in [9.17, 15) is 0 Å². The summed E-state index contributed by atoms with van der Waals surface area (Å²) in [5.74, 6) is 2.32. The normalized spacial score (nSPS) is 14.7. The van der Waals surface area contributed by atoms with Gasteiger partial charge in [-0.25, -0.2) is 9.98 Å². The van der Waals surface area contributed by atoms with Crippen LogP contribution in [0, 0.1) is 5.92 Å². The van der Waals surface area contributed by atoms with Gasteiger partial charge in [0.15, 0.2) is 5.96 Å². The van der Waals surface area contributed by atoms with Gasteiger partial charge in [-0.05, 0) is 31.2 Å². The fraction of sp³-hybridized carbons (Fsp3) is 0.647. The van der Waals surface area contributed by atoms with Crippen molar-refractivity contribution in [2.45, 2.75) is 26.3 Å². The van der Waals surface area contributed by atoms with E-state index < -0.39 is 0 Å². The number of methoxy groups -OCH3 is 1. The first kappa shape index (κ1) is 17.5. The second-order valence-electron chi connectivity index (χ2n) is 5.82. The van der Waals surface area contributed by atoms with E-state index in [0.717, 1.165) is 43.7 Å². The van der Waals surface area contributed by atoms with Crippen molar-refractivity contribution < 1.29 is 9.47 Å². The Balaban J connectivity index is 1.81. The van der Waals surface area contributed by atoms with Crippen LogP contribution in [0.3, 0.4) is 0 Å². The molecular weight excluding hydrogens is 292 g/mol. The van der Waals surface area contributed by atoms with Crippen LogP contribution in [0.25, 0.3) is 0 Å². The number of hydrogen-bond donors (Lipinski definition) is 1. The van der Waals surface area contributed by atoms with Crippen LogP contribution in [0.1, 0.15) is 25.3 Å². The summed E-state index contributed by atoms with van der Waals surface area (Å²) in [6.07, 6.45) is 4.45. The van der Waals surface area contributed by atoms with Gasteiger partial charge in [0.05, 0.1) is 20.3 Å². The Bertz CT molecular complexity index is 486. The van der Waals surface area contributed by atoms with Crippen molar-refractivity contribution in [2.24, 2.45) is 10.9 Å². The monoisotopic (exact) mass is 320 g/mol. The van der Waals surface area contributed by atoms with Gasteiger partial charge < -0.3 is 19.7 Å². The van der Waals surface area contributed by atoms with Crippen LogP contribution in [0.5, 0.6) is 5.88 Å². The fourth-order valence-electron chi connectivity index (χ4n) is 2.10. The Morgan fingerprint density at radius 2 is 2.26 bits per heavy atom. The molecule has 23 heavy (non-hydrogen) atoms. The van der Waals surface area contributed by atoms with E-state index >= 15 is 0 Å². The van der Waals surface area contributed by atoms with E-state index in [2.05, 4.69) is 27.1 Å². The summed E-state index contributed by atoms with van der Waals surface area (Å²) in [7, 11) is 3.65. The number of nitrogens with zero attached hydrogens (tertiary/aromatic N) is 3. The molecular formula is C17H28N4O2. The van der Waals surface area contributed by atoms with Crippen LogP contribution in [0.15, 0.2) is 23.3 Å². The number of nitrogens with one attached hydrogen (secondary N) is 1. The quantitative estimate of drug-likeness (QED) is 0.428. The lowest BCUT2D eigenvalue weighted by Crippen LogP contribution is -2.40. The standard InChI is InChI=1S/C17H28N4O2/c1-4-18-17(21(2)9-10-23-13-14-5-6-14)20-12-15-7-8-16(22-3)19-11-15/h7-8,11,14H,4-6,9-10,12-13H2,1-3H3,(H,18,20). The Kier molecular flexibility index (Phi) is 7.13. The maximum atomic E-state index is 5.70. The molecule has 0 bridgehead atoms. The van der Waals surface area contributed by atoms with Crippen molar-refractivity contribution in [1.82, 2.24) is 15.2 Å². The molecule has 1 fully saturated rings. The Labute approximate surface area is 138 Å². The molecule has 128 valence electrons. The molecule has 1 heterocycles. The molecule has 2 rings (SSSR count). The number of ether oxygens (including phenoxy) is 2. The second kappa shape index (κ2) is 9.35. The van der Waals surface area contributed by atoms with Crippen LogP contribution in [0.2, 0.25) is 0 Å². The second-order valence-corrected chi connectivity index (χ2v) is 5.82. The van der Waals surface area contributed by atoms with Gasteiger partial charge in [-0.1, -0.05) is 6.07 Å². The van der Waals surface area contributed by atoms with Crippen LogP contribution in [0.4, 0.5) is 0 Å². The average molecular weight is 320 g/mol. The minimum atomic E-state index is 0.590. The zero-order chi connectivity index (χ0) is 16.5. The molecule has 0 aliphatic heterocycles. The Morgan fingerprint density at radius 1 is 1.43 bits per heavy atom. The molecule has 6 heteroatoms. The zero-order valence-corrected chi connectivity index (χ0v) is 14.4. The molecule has 0 saturated heterocycles. The van der Waals surface area contributed by atoms with Crippen LogP contribution in [-0.2, 0) is 11.3 Å². The summed E-state index contributed by atoms with van der Waals surface area (Å²) in [5, 5.41) is 3.31. The maximum Gasteiger partial charge on any atom is 0.212 e. The van der Waals surface area contributed by atoms with Crippen molar-refractivity contribution in [3.05, 3.63) is 23.9 Å². The van der Waals surface area contributed by atoms with Crippen LogP contribution >= 0.6 is 0 Å². The number of pyridine rings is 1. The predicted octanol–water partition coefficient (Wildman–Crippen LogP) is 1.91. The number of hydrogen-bond acceptors (Lipinski definition) is 4. The molecule has 1 aliphatic carbocycles. The lowest BCUT2D eigenvalue weighted by atomic mass is 10.3. The maximum absolute atomic E-state index is 5.70. The highest BCUT2D eigenvalue weighted by Gasteiger charge is 2.21. The van der Waals surface area contributed by atoms with E-state index in [-0.39, 0.29) is 0 Å². The largest absolute Gasteiger partial charge is 0.481 e. The van der Waals surface area contributed by atoms with Gasteiger partial charge >= 0.3 is 0 Å².